The SMILES string of the molecule is C=C(/C=C\C(=C/C)c1cccc(S(=O)(=O)Nc2ccc(C(=O)O)cc2OC)c1F)[C@H]1CC[C@H](C(F)(F)F)CC1. The number of ether oxygens (including phenoxy) is 1. The predicted molar refractivity (Wildman–Crippen MR) is 141 cm³/mol. The highest BCUT2D eigenvalue weighted by Crippen LogP contribution is 2.41. The second-order valence-electron chi connectivity index (χ2n) is 9.19. The van der Waals surface area contributed by atoms with E-state index in [9.17, 15) is 26.4 Å². The number of hydrogen-bond acceptors (Lipinski definition) is 4. The minimum absolute atomic E-state index is 0.00149. The van der Waals surface area contributed by atoms with Gasteiger partial charge in [-0.2, -0.15) is 13.2 Å². The molecule has 210 valence electrons. The van der Waals surface area contributed by atoms with Crippen molar-refractivity contribution < 1.29 is 40.6 Å². The van der Waals surface area contributed by atoms with Crippen LogP contribution >= 0.6 is 0 Å². The summed E-state index contributed by atoms with van der Waals surface area (Å²) in [4.78, 5) is 10.6. The van der Waals surface area contributed by atoms with Gasteiger partial charge in [-0.25, -0.2) is 17.6 Å². The summed E-state index contributed by atoms with van der Waals surface area (Å²) in [5.74, 6) is -3.74. The normalized spacial score (nSPS) is 18.7. The third kappa shape index (κ3) is 7.08. The van der Waals surface area contributed by atoms with Crippen LogP contribution in [0, 0.1) is 17.7 Å². The van der Waals surface area contributed by atoms with Gasteiger partial charge in [-0.15, -0.1) is 0 Å². The molecule has 0 aliphatic heterocycles. The number of allylic oxidation sites excluding steroid dienone is 5. The zero-order valence-corrected chi connectivity index (χ0v) is 22.2. The number of carbonyl (C=O) groups is 1. The van der Waals surface area contributed by atoms with E-state index in [4.69, 9.17) is 9.84 Å². The molecule has 0 saturated heterocycles. The molecule has 1 fully saturated rings. The number of aromatic carboxylic acids is 1. The highest BCUT2D eigenvalue weighted by atomic mass is 32.2. The first-order valence-electron chi connectivity index (χ1n) is 12.1. The Morgan fingerprint density at radius 3 is 2.36 bits per heavy atom. The first-order chi connectivity index (χ1) is 18.3. The molecule has 0 spiro atoms. The van der Waals surface area contributed by atoms with Crippen molar-refractivity contribution in [3.8, 4) is 5.75 Å². The van der Waals surface area contributed by atoms with E-state index in [1.165, 1.54) is 31.4 Å². The van der Waals surface area contributed by atoms with Crippen LogP contribution in [0.15, 0.2) is 71.7 Å². The van der Waals surface area contributed by atoms with Gasteiger partial charge in [0.25, 0.3) is 10.0 Å². The van der Waals surface area contributed by atoms with Crippen LogP contribution < -0.4 is 9.46 Å². The minimum atomic E-state index is -4.45. The summed E-state index contributed by atoms with van der Waals surface area (Å²) in [5.41, 5.74) is 0.784. The van der Waals surface area contributed by atoms with Gasteiger partial charge < -0.3 is 9.84 Å². The van der Waals surface area contributed by atoms with E-state index in [0.29, 0.717) is 24.0 Å². The lowest BCUT2D eigenvalue weighted by atomic mass is 9.78. The molecule has 0 bridgehead atoms. The highest BCUT2D eigenvalue weighted by molar-refractivity contribution is 7.92. The van der Waals surface area contributed by atoms with Crippen LogP contribution in [0.3, 0.4) is 0 Å². The molecule has 0 atom stereocenters. The third-order valence-corrected chi connectivity index (χ3v) is 8.14. The number of carboxylic acid groups (broad SMARTS) is 1. The lowest BCUT2D eigenvalue weighted by Crippen LogP contribution is -2.28. The van der Waals surface area contributed by atoms with Crippen LogP contribution in [0.25, 0.3) is 5.57 Å². The zero-order valence-electron chi connectivity index (χ0n) is 21.4. The fraction of sp³-hybridized carbons (Fsp3) is 0.321. The Morgan fingerprint density at radius 2 is 1.79 bits per heavy atom. The number of carboxylic acids is 1. The van der Waals surface area contributed by atoms with Crippen molar-refractivity contribution >= 4 is 27.3 Å². The van der Waals surface area contributed by atoms with Crippen LogP contribution in [0.5, 0.6) is 5.75 Å². The van der Waals surface area contributed by atoms with Crippen LogP contribution in [0.1, 0.15) is 48.5 Å². The smallest absolute Gasteiger partial charge is 0.391 e. The number of halogens is 4. The van der Waals surface area contributed by atoms with E-state index in [1.54, 1.807) is 25.2 Å². The Bertz CT molecular complexity index is 1410. The summed E-state index contributed by atoms with van der Waals surface area (Å²) in [6, 6.07) is 7.40. The lowest BCUT2D eigenvalue weighted by Gasteiger charge is -2.30. The maximum atomic E-state index is 15.6. The number of alkyl halides is 3. The van der Waals surface area contributed by atoms with Gasteiger partial charge in [-0.1, -0.05) is 42.5 Å². The molecule has 39 heavy (non-hydrogen) atoms. The molecule has 0 aromatic heterocycles. The van der Waals surface area contributed by atoms with Gasteiger partial charge in [0.1, 0.15) is 10.6 Å². The Kier molecular flexibility index (Phi) is 9.26. The highest BCUT2D eigenvalue weighted by Gasteiger charge is 2.41. The Balaban J connectivity index is 1.81. The summed E-state index contributed by atoms with van der Waals surface area (Å²) in [7, 11) is -3.22. The first kappa shape index (κ1) is 29.9. The van der Waals surface area contributed by atoms with E-state index in [0.717, 1.165) is 12.1 Å². The number of rotatable bonds is 9. The Hall–Kier alpha value is -3.60. The maximum absolute atomic E-state index is 15.6. The largest absolute Gasteiger partial charge is 0.495 e. The average molecular weight is 568 g/mol. The number of anilines is 1. The number of methoxy groups -OCH3 is 1. The van der Waals surface area contributed by atoms with Crippen molar-refractivity contribution in [3.63, 3.8) is 0 Å². The van der Waals surface area contributed by atoms with E-state index >= 15 is 4.39 Å². The predicted octanol–water partition coefficient (Wildman–Crippen LogP) is 7.22. The van der Waals surface area contributed by atoms with Crippen molar-refractivity contribution in [2.45, 2.75) is 43.7 Å². The Morgan fingerprint density at radius 1 is 1.13 bits per heavy atom. The van der Waals surface area contributed by atoms with E-state index in [1.807, 2.05) is 0 Å². The van der Waals surface area contributed by atoms with E-state index < -0.39 is 38.8 Å². The first-order valence-corrected chi connectivity index (χ1v) is 13.6. The topological polar surface area (TPSA) is 92.7 Å². The summed E-state index contributed by atoms with van der Waals surface area (Å²) in [5, 5.41) is 9.14. The monoisotopic (exact) mass is 567 g/mol. The number of nitrogens with one attached hydrogen (secondary N) is 1. The number of hydrogen-bond donors (Lipinski definition) is 2. The van der Waals surface area contributed by atoms with Gasteiger partial charge >= 0.3 is 12.1 Å². The number of sulfonamides is 1. The lowest BCUT2D eigenvalue weighted by molar-refractivity contribution is -0.183. The fourth-order valence-electron chi connectivity index (χ4n) is 4.52. The summed E-state index contributed by atoms with van der Waals surface area (Å²) in [6.45, 7) is 5.62. The standard InChI is InChI=1S/C28H29F4NO5S/c1-4-18(9-8-17(2)19-10-13-21(14-11-19)28(30,31)32)22-6-5-7-25(26(22)29)39(36,37)33-23-15-12-20(27(34)35)16-24(23)38-3/h4-9,12,15-16,19,21,33H,2,10-11,13-14H2,1,3H3,(H,34,35)/b9-8-,18-4+/t19-,21-. The van der Waals surface area contributed by atoms with Crippen LogP contribution in [-0.4, -0.2) is 32.8 Å². The second kappa shape index (κ2) is 12.1. The molecule has 1 aliphatic carbocycles. The molecule has 1 saturated carbocycles. The molecule has 0 amide bonds. The Labute approximate surface area is 224 Å². The van der Waals surface area contributed by atoms with Gasteiger partial charge in [0.2, 0.25) is 0 Å². The van der Waals surface area contributed by atoms with E-state index in [-0.39, 0.29) is 41.3 Å². The molecule has 6 nitrogen and oxygen atoms in total. The maximum Gasteiger partial charge on any atom is 0.391 e. The van der Waals surface area contributed by atoms with Crippen LogP contribution in [0.4, 0.5) is 23.2 Å². The van der Waals surface area contributed by atoms with Crippen LogP contribution in [0.2, 0.25) is 0 Å². The van der Waals surface area contributed by atoms with Crippen LogP contribution in [-0.2, 0) is 10.0 Å². The molecular weight excluding hydrogens is 538 g/mol. The third-order valence-electron chi connectivity index (χ3n) is 6.76. The second-order valence-corrected chi connectivity index (χ2v) is 10.8. The van der Waals surface area contributed by atoms with Crippen molar-refractivity contribution in [1.82, 2.24) is 0 Å². The summed E-state index contributed by atoms with van der Waals surface area (Å²) >= 11 is 0. The van der Waals surface area contributed by atoms with Gasteiger partial charge in [-0.3, -0.25) is 4.72 Å². The van der Waals surface area contributed by atoms with Gasteiger partial charge in [0.05, 0.1) is 24.3 Å². The van der Waals surface area contributed by atoms with Gasteiger partial charge in [-0.05, 0) is 68.4 Å². The van der Waals surface area contributed by atoms with E-state index in [2.05, 4.69) is 11.3 Å². The van der Waals surface area contributed by atoms with Crippen molar-refractivity contribution in [1.29, 1.82) is 0 Å². The molecule has 11 heteroatoms. The van der Waals surface area contributed by atoms with Crippen molar-refractivity contribution in [3.05, 3.63) is 83.7 Å². The number of benzene rings is 2. The molecule has 0 unspecified atom stereocenters. The van der Waals surface area contributed by atoms with Crippen molar-refractivity contribution in [2.75, 3.05) is 11.8 Å². The summed E-state index contributed by atoms with van der Waals surface area (Å²) < 4.78 is 87.9. The molecule has 2 aromatic rings. The quantitative estimate of drug-likeness (QED) is 0.247. The summed E-state index contributed by atoms with van der Waals surface area (Å²) in [6.07, 6.45) is 1.33. The average Bonchev–Trinajstić information content (AvgIpc) is 2.89. The molecule has 0 heterocycles. The zero-order chi connectivity index (χ0) is 29.0. The van der Waals surface area contributed by atoms with Gasteiger partial charge in [0.15, 0.2) is 5.82 Å². The molecular formula is C28H29F4NO5S. The fourth-order valence-corrected chi connectivity index (χ4v) is 5.69. The molecule has 0 radical (unpaired) electrons. The molecule has 2 aromatic carbocycles. The van der Waals surface area contributed by atoms with Gasteiger partial charge in [0, 0.05) is 5.56 Å². The minimum Gasteiger partial charge on any atom is -0.495 e. The molecule has 3 rings (SSSR count). The molecule has 2 N–H and O–H groups in total. The van der Waals surface area contributed by atoms with Crippen molar-refractivity contribution in [2.24, 2.45) is 11.8 Å². The molecule has 1 aliphatic rings.